The Morgan fingerprint density at radius 2 is 0.714 bits per heavy atom. The summed E-state index contributed by atoms with van der Waals surface area (Å²) in [5, 5.41) is 0. The minimum Gasteiger partial charge on any atom is -0.412 e. The Labute approximate surface area is 84.2 Å². The molecule has 0 heterocycles. The number of hydrogen-bond donors (Lipinski definition) is 6. The van der Waals surface area contributed by atoms with Gasteiger partial charge < -0.3 is 34.8 Å². The monoisotopic (exact) mass is 278 g/mol. The largest absolute Gasteiger partial charge is 0.466 e. The molecule has 0 saturated heterocycles. The molecule has 1 atom stereocenters. The average Bonchev–Trinajstić information content (AvgIpc) is 1.59. The third-order valence-corrected chi connectivity index (χ3v) is 0. The van der Waals surface area contributed by atoms with Gasteiger partial charge >= 0.3 is 15.6 Å². The summed E-state index contributed by atoms with van der Waals surface area (Å²) in [5.41, 5.74) is 0. The van der Waals surface area contributed by atoms with E-state index in [0.717, 1.165) is 0 Å². The lowest BCUT2D eigenvalue weighted by Crippen LogP contribution is -1.66. The van der Waals surface area contributed by atoms with Crippen LogP contribution in [0.4, 0.5) is 0 Å². The van der Waals surface area contributed by atoms with Crippen LogP contribution in [0.2, 0.25) is 0 Å². The minimum absolute atomic E-state index is 0. The van der Waals surface area contributed by atoms with Crippen molar-refractivity contribution in [1.82, 2.24) is 0 Å². The SMILES string of the molecule is CC.O.O=P(O)(O)O.O=P(O)(O)O.P. The first-order chi connectivity index (χ1) is 5.00. The summed E-state index contributed by atoms with van der Waals surface area (Å²) in [4.78, 5) is 43.1. The van der Waals surface area contributed by atoms with Crippen LogP contribution in [-0.2, 0) is 9.13 Å². The van der Waals surface area contributed by atoms with Crippen molar-refractivity contribution in [3.63, 3.8) is 0 Å². The molecule has 14 heavy (non-hydrogen) atoms. The van der Waals surface area contributed by atoms with E-state index >= 15 is 0 Å². The van der Waals surface area contributed by atoms with Crippen molar-refractivity contribution >= 4 is 25.5 Å². The predicted octanol–water partition coefficient (Wildman–Crippen LogP) is -1.60. The van der Waals surface area contributed by atoms with E-state index in [0.29, 0.717) is 0 Å². The highest BCUT2D eigenvalue weighted by atomic mass is 31.2. The molecule has 8 N–H and O–H groups in total. The van der Waals surface area contributed by atoms with Gasteiger partial charge in [0.25, 0.3) is 0 Å². The lowest BCUT2D eigenvalue weighted by molar-refractivity contribution is 0.272. The van der Waals surface area contributed by atoms with Crippen molar-refractivity contribution in [2.24, 2.45) is 0 Å². The molecule has 0 radical (unpaired) electrons. The summed E-state index contributed by atoms with van der Waals surface area (Å²) in [6.07, 6.45) is 0. The average molecular weight is 278 g/mol. The van der Waals surface area contributed by atoms with E-state index in [9.17, 15) is 0 Å². The topological polar surface area (TPSA) is 187 Å². The lowest BCUT2D eigenvalue weighted by Gasteiger charge is -1.82. The smallest absolute Gasteiger partial charge is 0.412 e. The molecule has 0 aromatic rings. The summed E-state index contributed by atoms with van der Waals surface area (Å²) in [6, 6.07) is 0. The number of hydrogen-bond acceptors (Lipinski definition) is 2. The van der Waals surface area contributed by atoms with Crippen LogP contribution in [-0.4, -0.2) is 34.8 Å². The Kier molecular flexibility index (Phi) is 28.5. The molecule has 0 saturated carbocycles. The van der Waals surface area contributed by atoms with Crippen LogP contribution >= 0.6 is 25.5 Å². The Balaban J connectivity index is -0.0000000292. The fourth-order valence-corrected chi connectivity index (χ4v) is 0. The van der Waals surface area contributed by atoms with Gasteiger partial charge in [-0.05, 0) is 0 Å². The zero-order chi connectivity index (χ0) is 11.0. The molecule has 94 valence electrons. The van der Waals surface area contributed by atoms with Gasteiger partial charge in [0.05, 0.1) is 0 Å². The van der Waals surface area contributed by atoms with Crippen molar-refractivity contribution in [2.45, 2.75) is 13.8 Å². The number of phosphoric acid groups is 2. The molecule has 0 aliphatic rings. The fraction of sp³-hybridized carbons (Fsp3) is 1.00. The van der Waals surface area contributed by atoms with Gasteiger partial charge in [-0.3, -0.25) is 0 Å². The van der Waals surface area contributed by atoms with Gasteiger partial charge in [0, 0.05) is 0 Å². The summed E-state index contributed by atoms with van der Waals surface area (Å²) in [5.74, 6) is 0. The minimum atomic E-state index is -4.64. The van der Waals surface area contributed by atoms with Gasteiger partial charge in [-0.25, -0.2) is 9.13 Å². The Bertz CT molecular complexity index is 130. The molecule has 0 bridgehead atoms. The predicted molar refractivity (Wildman–Crippen MR) is 54.6 cm³/mol. The second kappa shape index (κ2) is 13.6. The van der Waals surface area contributed by atoms with Crippen molar-refractivity contribution in [1.29, 1.82) is 0 Å². The Morgan fingerprint density at radius 3 is 0.714 bits per heavy atom. The van der Waals surface area contributed by atoms with Crippen LogP contribution in [0.25, 0.3) is 0 Å². The van der Waals surface area contributed by atoms with Gasteiger partial charge in [0.1, 0.15) is 0 Å². The summed E-state index contributed by atoms with van der Waals surface area (Å²) in [7, 11) is -9.28. The third-order valence-electron chi connectivity index (χ3n) is 0. The van der Waals surface area contributed by atoms with E-state index in [1.807, 2.05) is 13.8 Å². The van der Waals surface area contributed by atoms with Crippen LogP contribution in [0.5, 0.6) is 0 Å². The van der Waals surface area contributed by atoms with Gasteiger partial charge in [-0.2, -0.15) is 9.90 Å². The van der Waals surface area contributed by atoms with Gasteiger partial charge in [-0.1, -0.05) is 13.8 Å². The highest BCUT2D eigenvalue weighted by molar-refractivity contribution is 7.45. The zero-order valence-electron chi connectivity index (χ0n) is 7.60. The number of rotatable bonds is 0. The standard InChI is InChI=1S/C2H6.2H3O4P.H2O.H3P/c1-2;2*1-5(2,3)4;;/h1-2H3;2*(H3,1,2,3,4);1H2;1H3. The van der Waals surface area contributed by atoms with Crippen molar-refractivity contribution in [2.75, 3.05) is 0 Å². The quantitative estimate of drug-likeness (QED) is 0.286. The van der Waals surface area contributed by atoms with Gasteiger partial charge in [-0.15, -0.1) is 0 Å². The van der Waals surface area contributed by atoms with E-state index < -0.39 is 15.6 Å². The van der Waals surface area contributed by atoms with Crippen LogP contribution in [0.1, 0.15) is 13.8 Å². The molecule has 0 amide bonds. The van der Waals surface area contributed by atoms with Crippen LogP contribution in [0, 0.1) is 0 Å². The molecule has 0 fully saturated rings. The lowest BCUT2D eigenvalue weighted by atomic mass is 11.0. The van der Waals surface area contributed by atoms with Crippen molar-refractivity contribution < 1.29 is 44.0 Å². The second-order valence-corrected chi connectivity index (χ2v) is 3.08. The van der Waals surface area contributed by atoms with Crippen molar-refractivity contribution in [3.8, 4) is 0 Å². The molecule has 0 aliphatic carbocycles. The molecule has 0 aliphatic heterocycles. The van der Waals surface area contributed by atoms with E-state index in [1.165, 1.54) is 0 Å². The first-order valence-corrected chi connectivity index (χ1v) is 5.70. The maximum Gasteiger partial charge on any atom is 0.466 e. The van der Waals surface area contributed by atoms with Crippen LogP contribution < -0.4 is 0 Å². The first kappa shape index (κ1) is 29.3. The first-order valence-electron chi connectivity index (χ1n) is 2.57. The Morgan fingerprint density at radius 1 is 0.714 bits per heavy atom. The fourth-order valence-electron chi connectivity index (χ4n) is 0. The molecule has 0 spiro atoms. The molecule has 12 heteroatoms. The van der Waals surface area contributed by atoms with Gasteiger partial charge in [0.2, 0.25) is 0 Å². The molecule has 0 rings (SSSR count). The highest BCUT2D eigenvalue weighted by Crippen LogP contribution is 2.26. The highest BCUT2D eigenvalue weighted by Gasteiger charge is 2.00. The molecule has 0 aromatic carbocycles. The van der Waals surface area contributed by atoms with Crippen LogP contribution in [0.3, 0.4) is 0 Å². The third kappa shape index (κ3) is 4570. The van der Waals surface area contributed by atoms with E-state index in [1.54, 1.807) is 0 Å². The Hall–Kier alpha value is 0.610. The van der Waals surface area contributed by atoms with E-state index in [4.69, 9.17) is 38.5 Å². The van der Waals surface area contributed by atoms with E-state index in [-0.39, 0.29) is 15.4 Å². The molecule has 9 nitrogen and oxygen atoms in total. The normalized spacial score (nSPS) is 8.86. The summed E-state index contributed by atoms with van der Waals surface area (Å²) in [6.45, 7) is 4.00. The zero-order valence-corrected chi connectivity index (χ0v) is 10.8. The maximum absolute atomic E-state index is 8.88. The summed E-state index contributed by atoms with van der Waals surface area (Å²) < 4.78 is 17.8. The van der Waals surface area contributed by atoms with Gasteiger partial charge in [0.15, 0.2) is 0 Å². The second-order valence-electron chi connectivity index (χ2n) is 1.03. The van der Waals surface area contributed by atoms with Crippen molar-refractivity contribution in [3.05, 3.63) is 0 Å². The molecule has 0 aromatic heterocycles. The molecule has 1 unspecified atom stereocenters. The summed E-state index contributed by atoms with van der Waals surface area (Å²) >= 11 is 0. The van der Waals surface area contributed by atoms with Crippen LogP contribution in [0.15, 0.2) is 0 Å². The maximum atomic E-state index is 8.88. The van der Waals surface area contributed by atoms with E-state index in [2.05, 4.69) is 0 Å². The molecular weight excluding hydrogens is 261 g/mol. The molecular formula is C2H17O9P3.